The second-order valence-electron chi connectivity index (χ2n) is 7.70. The zero-order chi connectivity index (χ0) is 23.8. The topological polar surface area (TPSA) is 100 Å². The van der Waals surface area contributed by atoms with Crippen LogP contribution in [0.5, 0.6) is 5.75 Å². The Morgan fingerprint density at radius 2 is 1.97 bits per heavy atom. The average Bonchev–Trinajstić information content (AvgIpc) is 3.08. The minimum absolute atomic E-state index is 0.0100. The fourth-order valence-corrected chi connectivity index (χ4v) is 4.02. The van der Waals surface area contributed by atoms with Gasteiger partial charge < -0.3 is 24.9 Å². The summed E-state index contributed by atoms with van der Waals surface area (Å²) in [5.74, 6) is -1.76. The Hall–Kier alpha value is -4.31. The smallest absolute Gasteiger partial charge is 0.281 e. The number of hydrogen-bond acceptors (Lipinski definition) is 6. The van der Waals surface area contributed by atoms with E-state index in [2.05, 4.69) is 10.5 Å². The standard InChI is InChI=1S/C24H17F2N3O5/c25-16-2-1-3-18(9-16)27-23(30)13-4-5-19-20(8-13)29(24(31)21(19)28-32)10-14-6-17(26)7-15-11-33-12-34-22(14)15/h1-9,32H,10-12H2,(H,27,30)/b28-21-. The van der Waals surface area contributed by atoms with Crippen molar-refractivity contribution < 1.29 is 33.1 Å². The van der Waals surface area contributed by atoms with Crippen LogP contribution in [0.2, 0.25) is 0 Å². The number of rotatable bonds is 4. The molecule has 172 valence electrons. The van der Waals surface area contributed by atoms with Crippen LogP contribution in [0.15, 0.2) is 59.8 Å². The molecule has 2 amide bonds. The van der Waals surface area contributed by atoms with E-state index in [1.165, 1.54) is 59.5 Å². The Morgan fingerprint density at radius 1 is 1.12 bits per heavy atom. The van der Waals surface area contributed by atoms with E-state index in [4.69, 9.17) is 9.47 Å². The molecule has 0 aliphatic carbocycles. The molecule has 0 aromatic heterocycles. The maximum absolute atomic E-state index is 14.2. The highest BCUT2D eigenvalue weighted by molar-refractivity contribution is 6.54. The Morgan fingerprint density at radius 3 is 2.76 bits per heavy atom. The summed E-state index contributed by atoms with van der Waals surface area (Å²) in [6.07, 6.45) is 0. The maximum atomic E-state index is 14.2. The predicted octanol–water partition coefficient (Wildman–Crippen LogP) is 3.81. The van der Waals surface area contributed by atoms with Crippen molar-refractivity contribution >= 4 is 28.9 Å². The van der Waals surface area contributed by atoms with Gasteiger partial charge in [0.25, 0.3) is 11.8 Å². The summed E-state index contributed by atoms with van der Waals surface area (Å²) in [7, 11) is 0. The quantitative estimate of drug-likeness (QED) is 0.451. The number of fused-ring (bicyclic) bond motifs is 2. The maximum Gasteiger partial charge on any atom is 0.281 e. The number of nitrogens with zero attached hydrogens (tertiary/aromatic N) is 2. The lowest BCUT2D eigenvalue weighted by atomic mass is 10.1. The van der Waals surface area contributed by atoms with E-state index in [-0.39, 0.29) is 36.9 Å². The first-order valence-electron chi connectivity index (χ1n) is 10.2. The van der Waals surface area contributed by atoms with Gasteiger partial charge in [-0.3, -0.25) is 9.59 Å². The van der Waals surface area contributed by atoms with Crippen LogP contribution >= 0.6 is 0 Å². The van der Waals surface area contributed by atoms with Crippen molar-refractivity contribution in [3.63, 3.8) is 0 Å². The molecule has 2 N–H and O–H groups in total. The number of nitrogens with one attached hydrogen (secondary N) is 1. The largest absolute Gasteiger partial charge is 0.467 e. The van der Waals surface area contributed by atoms with Gasteiger partial charge in [-0.05, 0) is 48.5 Å². The number of ether oxygens (including phenoxy) is 2. The van der Waals surface area contributed by atoms with E-state index in [0.29, 0.717) is 28.1 Å². The fraction of sp³-hybridized carbons (Fsp3) is 0.125. The second kappa shape index (κ2) is 8.56. The summed E-state index contributed by atoms with van der Waals surface area (Å²) < 4.78 is 38.4. The summed E-state index contributed by atoms with van der Waals surface area (Å²) in [6.45, 7) is 0.0577. The van der Waals surface area contributed by atoms with E-state index in [1.54, 1.807) is 0 Å². The Kier molecular flexibility index (Phi) is 5.42. The van der Waals surface area contributed by atoms with E-state index < -0.39 is 23.4 Å². The molecule has 0 fully saturated rings. The van der Waals surface area contributed by atoms with Crippen LogP contribution in [-0.4, -0.2) is 29.5 Å². The van der Waals surface area contributed by atoms with Gasteiger partial charge in [-0.15, -0.1) is 0 Å². The molecule has 3 aromatic carbocycles. The van der Waals surface area contributed by atoms with Gasteiger partial charge in [0.15, 0.2) is 12.5 Å². The number of anilines is 2. The molecule has 8 nitrogen and oxygen atoms in total. The van der Waals surface area contributed by atoms with Crippen LogP contribution in [0.25, 0.3) is 0 Å². The summed E-state index contributed by atoms with van der Waals surface area (Å²) >= 11 is 0. The first kappa shape index (κ1) is 21.5. The van der Waals surface area contributed by atoms with Crippen molar-refractivity contribution in [3.05, 3.63) is 88.5 Å². The number of amides is 2. The molecule has 3 aromatic rings. The first-order chi connectivity index (χ1) is 16.4. The molecule has 5 rings (SSSR count). The Bertz CT molecular complexity index is 1360. The third-order valence-corrected chi connectivity index (χ3v) is 5.52. The summed E-state index contributed by atoms with van der Waals surface area (Å²) in [5, 5.41) is 15.1. The van der Waals surface area contributed by atoms with Gasteiger partial charge in [0, 0.05) is 27.9 Å². The van der Waals surface area contributed by atoms with Gasteiger partial charge in [0.05, 0.1) is 18.8 Å². The normalized spacial score (nSPS) is 15.6. The van der Waals surface area contributed by atoms with Crippen molar-refractivity contribution in [2.24, 2.45) is 5.16 Å². The number of halogens is 2. The van der Waals surface area contributed by atoms with Crippen LogP contribution in [0, 0.1) is 11.6 Å². The lowest BCUT2D eigenvalue weighted by Gasteiger charge is -2.24. The Labute approximate surface area is 192 Å². The number of carbonyl (C=O) groups excluding carboxylic acids is 2. The Balaban J connectivity index is 1.50. The second-order valence-corrected chi connectivity index (χ2v) is 7.70. The molecule has 0 bridgehead atoms. The average molecular weight is 465 g/mol. The summed E-state index contributed by atoms with van der Waals surface area (Å²) in [6, 6.07) is 12.4. The first-order valence-corrected chi connectivity index (χ1v) is 10.2. The summed E-state index contributed by atoms with van der Waals surface area (Å²) in [4.78, 5) is 27.0. The minimum Gasteiger partial charge on any atom is -0.467 e. The highest BCUT2D eigenvalue weighted by Crippen LogP contribution is 2.36. The third-order valence-electron chi connectivity index (χ3n) is 5.52. The van der Waals surface area contributed by atoms with Crippen LogP contribution in [0.3, 0.4) is 0 Å². The van der Waals surface area contributed by atoms with Gasteiger partial charge in [0.2, 0.25) is 0 Å². The van der Waals surface area contributed by atoms with Crippen molar-refractivity contribution in [2.45, 2.75) is 13.2 Å². The molecular formula is C24H17F2N3O5. The number of carbonyl (C=O) groups is 2. The zero-order valence-electron chi connectivity index (χ0n) is 17.5. The number of hydrogen-bond donors (Lipinski definition) is 2. The highest BCUT2D eigenvalue weighted by Gasteiger charge is 2.36. The molecule has 0 unspecified atom stereocenters. The van der Waals surface area contributed by atoms with E-state index in [0.717, 1.165) is 0 Å². The molecule has 2 aliphatic heterocycles. The van der Waals surface area contributed by atoms with Crippen molar-refractivity contribution in [2.75, 3.05) is 17.0 Å². The van der Waals surface area contributed by atoms with Crippen molar-refractivity contribution in [1.29, 1.82) is 0 Å². The predicted molar refractivity (Wildman–Crippen MR) is 117 cm³/mol. The van der Waals surface area contributed by atoms with E-state index >= 15 is 0 Å². The van der Waals surface area contributed by atoms with Crippen molar-refractivity contribution in [1.82, 2.24) is 0 Å². The van der Waals surface area contributed by atoms with Crippen LogP contribution in [0.1, 0.15) is 27.0 Å². The van der Waals surface area contributed by atoms with Crippen LogP contribution < -0.4 is 15.0 Å². The molecule has 10 heteroatoms. The highest BCUT2D eigenvalue weighted by atomic mass is 19.1. The van der Waals surface area contributed by atoms with Gasteiger partial charge >= 0.3 is 0 Å². The van der Waals surface area contributed by atoms with Crippen LogP contribution in [-0.2, 0) is 22.7 Å². The molecule has 34 heavy (non-hydrogen) atoms. The van der Waals surface area contributed by atoms with Gasteiger partial charge in [-0.25, -0.2) is 8.78 Å². The summed E-state index contributed by atoms with van der Waals surface area (Å²) in [5.41, 5.74) is 1.76. The molecule has 0 spiro atoms. The van der Waals surface area contributed by atoms with E-state index in [1.807, 2.05) is 0 Å². The number of oxime groups is 1. The third kappa shape index (κ3) is 3.84. The van der Waals surface area contributed by atoms with Gasteiger partial charge in [-0.1, -0.05) is 11.2 Å². The molecule has 0 atom stereocenters. The number of benzene rings is 3. The fourth-order valence-electron chi connectivity index (χ4n) is 4.02. The monoisotopic (exact) mass is 465 g/mol. The molecular weight excluding hydrogens is 448 g/mol. The lowest BCUT2D eigenvalue weighted by molar-refractivity contribution is -0.112. The van der Waals surface area contributed by atoms with Gasteiger partial charge in [0.1, 0.15) is 17.4 Å². The lowest BCUT2D eigenvalue weighted by Crippen LogP contribution is -2.30. The van der Waals surface area contributed by atoms with Gasteiger partial charge in [-0.2, -0.15) is 0 Å². The zero-order valence-corrected chi connectivity index (χ0v) is 17.5. The van der Waals surface area contributed by atoms with E-state index in [9.17, 15) is 23.6 Å². The molecule has 0 saturated carbocycles. The van der Waals surface area contributed by atoms with Crippen LogP contribution in [0.4, 0.5) is 20.2 Å². The molecule has 0 saturated heterocycles. The molecule has 0 radical (unpaired) electrons. The molecule has 2 aliphatic rings. The van der Waals surface area contributed by atoms with Crippen molar-refractivity contribution in [3.8, 4) is 5.75 Å². The molecule has 2 heterocycles. The SMILES string of the molecule is O=C(Nc1cccc(F)c1)c1ccc2c(c1)N(Cc1cc(F)cc3c1OCOC3)C(=O)/C2=N\O. The minimum atomic E-state index is -0.620.